The van der Waals surface area contributed by atoms with E-state index in [2.05, 4.69) is 41.9 Å². The fraction of sp³-hybridized carbons (Fsp3) is 0.899. The Morgan fingerprint density at radius 2 is 0.886 bits per heavy atom. The van der Waals surface area contributed by atoms with Crippen LogP contribution in [0, 0.1) is 0 Å². The summed E-state index contributed by atoms with van der Waals surface area (Å²) < 4.78 is 58.9. The molecular weight excluding hydrogens is 1500 g/mol. The number of carbonyl (C=O) groups is 4. The molecule has 0 spiro atoms. The largest absolute Gasteiger partial charge is 0.477 e. The molecular formula is C79H141N3O32. The Labute approximate surface area is 670 Å². The highest BCUT2D eigenvalue weighted by Gasteiger charge is 2.61. The third-order valence-electron chi connectivity index (χ3n) is 21.8. The summed E-state index contributed by atoms with van der Waals surface area (Å²) in [6.07, 6.45) is -5.96. The predicted molar refractivity (Wildman–Crippen MR) is 407 cm³/mol. The summed E-state index contributed by atoms with van der Waals surface area (Å²) in [7, 11) is 0. The van der Waals surface area contributed by atoms with Crippen LogP contribution in [0.1, 0.15) is 233 Å². The second-order valence-electron chi connectivity index (χ2n) is 31.1. The molecule has 5 heterocycles. The molecule has 0 aromatic heterocycles. The zero-order valence-electron chi connectivity index (χ0n) is 66.9. The van der Waals surface area contributed by atoms with Gasteiger partial charge in [0.1, 0.15) is 123 Å². The fourth-order valence-electron chi connectivity index (χ4n) is 15.1. The minimum atomic E-state index is -3.28. The molecule has 114 heavy (non-hydrogen) atoms. The molecule has 0 saturated carbocycles. The van der Waals surface area contributed by atoms with Crippen LogP contribution in [0.2, 0.25) is 0 Å². The molecule has 5 aliphatic heterocycles. The quantitative estimate of drug-likeness (QED) is 0.0282. The van der Waals surface area contributed by atoms with Crippen LogP contribution in [0.3, 0.4) is 0 Å². The van der Waals surface area contributed by atoms with E-state index in [9.17, 15) is 111 Å². The summed E-state index contributed by atoms with van der Waals surface area (Å²) >= 11 is 0. The van der Waals surface area contributed by atoms with Crippen LogP contribution < -0.4 is 16.0 Å². The smallest absolute Gasteiger partial charge is 0.364 e. The number of ether oxygens (including phenoxy) is 10. The lowest BCUT2D eigenvalue weighted by atomic mass is 9.88. The number of amides is 3. The third kappa shape index (κ3) is 32.3. The number of aliphatic carboxylic acids is 1. The molecule has 3 amide bonds. The van der Waals surface area contributed by atoms with Crippen LogP contribution >= 0.6 is 0 Å². The van der Waals surface area contributed by atoms with Crippen LogP contribution in [0.15, 0.2) is 24.3 Å². The maximum absolute atomic E-state index is 13.6. The van der Waals surface area contributed by atoms with Crippen molar-refractivity contribution in [3.63, 3.8) is 0 Å². The van der Waals surface area contributed by atoms with Crippen LogP contribution in [0.5, 0.6) is 0 Å². The summed E-state index contributed by atoms with van der Waals surface area (Å²) in [4.78, 5) is 52.1. The first kappa shape index (κ1) is 101. The fourth-order valence-corrected chi connectivity index (χ4v) is 15.1. The summed E-state index contributed by atoms with van der Waals surface area (Å²) in [6, 6.07) is -4.78. The predicted octanol–water partition coefficient (Wildman–Crippen LogP) is 0.0466. The van der Waals surface area contributed by atoms with Crippen LogP contribution in [-0.2, 0) is 66.5 Å². The van der Waals surface area contributed by atoms with Crippen molar-refractivity contribution in [1.29, 1.82) is 0 Å². The maximum atomic E-state index is 13.6. The van der Waals surface area contributed by atoms with E-state index >= 15 is 0 Å². The first-order chi connectivity index (χ1) is 54.8. The van der Waals surface area contributed by atoms with E-state index in [1.54, 1.807) is 6.08 Å². The van der Waals surface area contributed by atoms with Gasteiger partial charge in [-0.2, -0.15) is 0 Å². The molecule has 0 radical (unpaired) electrons. The topological polar surface area (TPSA) is 561 Å². The minimum Gasteiger partial charge on any atom is -0.477 e. The van der Waals surface area contributed by atoms with Gasteiger partial charge in [-0.3, -0.25) is 14.4 Å². The highest BCUT2D eigenvalue weighted by molar-refractivity contribution is 5.78. The molecule has 0 aliphatic carbocycles. The van der Waals surface area contributed by atoms with E-state index in [4.69, 9.17) is 47.4 Å². The van der Waals surface area contributed by atoms with Gasteiger partial charge in [-0.1, -0.05) is 192 Å². The van der Waals surface area contributed by atoms with Gasteiger partial charge >= 0.3 is 5.97 Å². The maximum Gasteiger partial charge on any atom is 0.364 e. The van der Waals surface area contributed by atoms with Crippen LogP contribution in [0.25, 0.3) is 0 Å². The first-order valence-corrected chi connectivity index (χ1v) is 41.9. The Hall–Kier alpha value is -3.72. The number of unbranched alkanes of at least 4 members (excludes halogenated alkanes) is 28. The molecule has 35 nitrogen and oxygen atoms in total. The summed E-state index contributed by atoms with van der Waals surface area (Å²) in [5.41, 5.74) is 0. The molecule has 5 saturated heterocycles. The lowest BCUT2D eigenvalue weighted by molar-refractivity contribution is -0.389. The van der Waals surface area contributed by atoms with E-state index in [0.29, 0.717) is 12.8 Å². The highest BCUT2D eigenvalue weighted by atomic mass is 16.8. The van der Waals surface area contributed by atoms with Crippen molar-refractivity contribution in [1.82, 2.24) is 16.0 Å². The minimum absolute atomic E-state index is 0.170. The SMILES string of the molecule is CCCCCCCC/C=C\CCCCCCCCCCCCCC(=O)N[C@@H](CO[C@@H]1OC(CO)[C@@H](O[C@@H]2OC(CO)[C@H](O[C@@H]3OC(CO)[C@H](O)[C@H](O[C@@H]4OC(CO)[C@H](O)[C@H](O[C@]5(C(=O)O)CC(O)[C@@H](NC(=O)CO)C([C@H](O)[C@H](O)CO)O5)C4O)C3NC(C)=O)[C@H](O)C2O)[C@H](O)C1O)[C@H](O)/C=C/CCCCCCCCCCCCC. The second-order valence-corrected chi connectivity index (χ2v) is 31.1. The molecule has 5 aliphatic rings. The molecule has 5 fully saturated rings. The Balaban J connectivity index is 1.21. The van der Waals surface area contributed by atoms with Crippen molar-refractivity contribution in [2.45, 2.75) is 404 Å². The van der Waals surface area contributed by atoms with Gasteiger partial charge in [0.05, 0.1) is 63.9 Å². The molecule has 5 rings (SSSR count). The van der Waals surface area contributed by atoms with Gasteiger partial charge < -0.3 is 155 Å². The van der Waals surface area contributed by atoms with Gasteiger partial charge in [0.25, 0.3) is 5.79 Å². The monoisotopic (exact) mass is 1640 g/mol. The van der Waals surface area contributed by atoms with Crippen molar-refractivity contribution >= 4 is 23.7 Å². The molecule has 10 unspecified atom stereocenters. The average Bonchev–Trinajstić information content (AvgIpc) is 0.752. The zero-order valence-corrected chi connectivity index (χ0v) is 66.9. The molecule has 664 valence electrons. The Morgan fingerprint density at radius 3 is 1.36 bits per heavy atom. The Bertz CT molecular complexity index is 2680. The van der Waals surface area contributed by atoms with Crippen molar-refractivity contribution in [2.75, 3.05) is 46.2 Å². The number of hydrogen-bond acceptors (Lipinski definition) is 31. The normalized spacial score (nSPS) is 33.3. The molecule has 0 aromatic rings. The number of carboxylic acid groups (broad SMARTS) is 1. The number of nitrogens with one attached hydrogen (secondary N) is 3. The van der Waals surface area contributed by atoms with Gasteiger partial charge in [-0.25, -0.2) is 4.79 Å². The molecule has 21 N–H and O–H groups in total. The summed E-state index contributed by atoms with van der Waals surface area (Å²) in [5.74, 6) is -7.84. The van der Waals surface area contributed by atoms with Crippen LogP contribution in [0.4, 0.5) is 0 Å². The van der Waals surface area contributed by atoms with Gasteiger partial charge in [-0.15, -0.1) is 0 Å². The standard InChI is InChI=1S/C79H141N3O32/c1-4-6-8-10-12-14-16-18-19-20-21-22-23-24-25-27-29-31-33-35-37-39-57(93)81-49(50(90)38-36-34-32-30-28-26-17-15-13-11-9-7-5-2)47-105-75-66(100)64(98)70(55(44-86)108-75)111-76-67(101)65(99)69(56(45-87)109-76)110-74-60(80-48(3)89)71(62(96)53(42-84)106-74)112-77-68(102)73(63(97)54(43-85)107-77)114-79(78(103)104)40-51(91)59(82-58(94)46-88)72(113-79)61(95)52(92)41-83/h18-19,36,38,49-56,59-77,83-88,90-92,95-102H,4-17,20-35,37,39-47H2,1-3H3,(H,80,89)(H,81,93)(H,82,94)(H,103,104)/b19-18-,38-36+/t49-,50+,51?,52+,53?,54?,55?,56?,59+,60?,61+,62-,63-,64+,65+,66?,67?,68?,69-,70+,71+,72?,73-,74-,75+,76-,77-,79-/m0/s1. The molecule has 0 aromatic carbocycles. The van der Waals surface area contributed by atoms with Crippen LogP contribution in [-0.4, -0.2) is 333 Å². The zero-order chi connectivity index (χ0) is 83.7. The number of allylic oxidation sites excluding steroid dienone is 3. The van der Waals surface area contributed by atoms with E-state index < -0.39 is 242 Å². The molecule has 28 atom stereocenters. The third-order valence-corrected chi connectivity index (χ3v) is 21.8. The van der Waals surface area contributed by atoms with Crippen molar-refractivity contribution in [3.8, 4) is 0 Å². The number of carbonyl (C=O) groups excluding carboxylic acids is 3. The van der Waals surface area contributed by atoms with Gasteiger partial charge in [-0.05, 0) is 44.9 Å². The number of aliphatic hydroxyl groups is 17. The summed E-state index contributed by atoms with van der Waals surface area (Å²) in [6.45, 7) is -1.65. The first-order valence-electron chi connectivity index (χ1n) is 41.9. The average molecular weight is 1640 g/mol. The summed E-state index contributed by atoms with van der Waals surface area (Å²) in [5, 5.41) is 206. The van der Waals surface area contributed by atoms with E-state index in [1.807, 2.05) is 6.08 Å². The lowest BCUT2D eigenvalue weighted by Crippen LogP contribution is -2.71. The van der Waals surface area contributed by atoms with E-state index in [1.165, 1.54) is 128 Å². The number of rotatable bonds is 58. The Morgan fingerprint density at radius 1 is 0.465 bits per heavy atom. The number of hydrogen-bond donors (Lipinski definition) is 21. The van der Waals surface area contributed by atoms with Gasteiger partial charge in [0.15, 0.2) is 25.2 Å². The van der Waals surface area contributed by atoms with E-state index in [-0.39, 0.29) is 12.3 Å². The van der Waals surface area contributed by atoms with Gasteiger partial charge in [0.2, 0.25) is 17.7 Å². The van der Waals surface area contributed by atoms with Crippen molar-refractivity contribution in [2.24, 2.45) is 0 Å². The van der Waals surface area contributed by atoms with E-state index in [0.717, 1.165) is 64.7 Å². The lowest BCUT2D eigenvalue weighted by Gasteiger charge is -2.51. The second kappa shape index (κ2) is 55.3. The van der Waals surface area contributed by atoms with Crippen molar-refractivity contribution < 1.29 is 158 Å². The molecule has 0 bridgehead atoms. The highest BCUT2D eigenvalue weighted by Crippen LogP contribution is 2.40. The van der Waals surface area contributed by atoms with Gasteiger partial charge in [0, 0.05) is 19.8 Å². The molecule has 35 heteroatoms. The van der Waals surface area contributed by atoms with Crippen molar-refractivity contribution in [3.05, 3.63) is 24.3 Å². The Kier molecular flexibility index (Phi) is 48.9. The number of carboxylic acids is 1. The number of aliphatic hydroxyl groups excluding tert-OH is 17.